The van der Waals surface area contributed by atoms with Crippen molar-refractivity contribution >= 4 is 0 Å². The van der Waals surface area contributed by atoms with E-state index in [-0.39, 0.29) is 0 Å². The highest BCUT2D eigenvalue weighted by Gasteiger charge is 2.50. The molecular formula is C29H46. The summed E-state index contributed by atoms with van der Waals surface area (Å²) in [6, 6.07) is 0. The summed E-state index contributed by atoms with van der Waals surface area (Å²) in [5.41, 5.74) is 5.15. The van der Waals surface area contributed by atoms with Crippen LogP contribution in [0.25, 0.3) is 0 Å². The third kappa shape index (κ3) is 5.00. The van der Waals surface area contributed by atoms with Crippen molar-refractivity contribution in [3.8, 4) is 0 Å². The highest BCUT2D eigenvalue weighted by molar-refractivity contribution is 5.36. The fraction of sp³-hybridized carbons (Fsp3) is 0.724. The molecule has 0 saturated heterocycles. The van der Waals surface area contributed by atoms with Gasteiger partial charge in [0.15, 0.2) is 0 Å². The molecule has 0 aromatic rings. The molecule has 0 amide bonds. The number of hydrogen-bond acceptors (Lipinski definition) is 0. The summed E-state index contributed by atoms with van der Waals surface area (Å²) in [4.78, 5) is 0. The molecule has 6 atom stereocenters. The van der Waals surface area contributed by atoms with Gasteiger partial charge in [-0.25, -0.2) is 0 Å². The zero-order valence-electron chi connectivity index (χ0n) is 20.1. The van der Waals surface area contributed by atoms with Crippen molar-refractivity contribution in [3.05, 3.63) is 47.6 Å². The molecular weight excluding hydrogens is 348 g/mol. The fourth-order valence-electron chi connectivity index (χ4n) is 6.45. The normalized spacial score (nSPS) is 38.2. The predicted molar refractivity (Wildman–Crippen MR) is 129 cm³/mol. The molecule has 0 N–H and O–H groups in total. The molecule has 2 unspecified atom stereocenters. The quantitative estimate of drug-likeness (QED) is 0.408. The minimum Gasteiger partial charge on any atom is -0.0956 e. The van der Waals surface area contributed by atoms with E-state index in [9.17, 15) is 0 Å². The highest BCUT2D eigenvalue weighted by atomic mass is 14.5. The van der Waals surface area contributed by atoms with Gasteiger partial charge < -0.3 is 0 Å². The first-order valence-corrected chi connectivity index (χ1v) is 12.5. The zero-order valence-corrected chi connectivity index (χ0v) is 20.1. The Morgan fingerprint density at radius 2 is 1.76 bits per heavy atom. The van der Waals surface area contributed by atoms with Gasteiger partial charge in [0.25, 0.3) is 0 Å². The van der Waals surface area contributed by atoms with Crippen LogP contribution in [0.5, 0.6) is 0 Å². The molecule has 3 aliphatic carbocycles. The first kappa shape index (κ1) is 22.6. The lowest BCUT2D eigenvalue weighted by molar-refractivity contribution is 0.112. The van der Waals surface area contributed by atoms with Gasteiger partial charge in [-0.3, -0.25) is 0 Å². The first-order chi connectivity index (χ1) is 13.7. The summed E-state index contributed by atoms with van der Waals surface area (Å²) < 4.78 is 0. The van der Waals surface area contributed by atoms with Gasteiger partial charge in [0.05, 0.1) is 0 Å². The Morgan fingerprint density at radius 1 is 1.00 bits per heavy atom. The van der Waals surface area contributed by atoms with Crippen LogP contribution in [0.15, 0.2) is 47.6 Å². The topological polar surface area (TPSA) is 0 Å². The lowest BCUT2D eigenvalue weighted by atomic mass is 9.61. The van der Waals surface area contributed by atoms with Gasteiger partial charge in [-0.15, -0.1) is 0 Å². The monoisotopic (exact) mass is 394 g/mol. The second-order valence-corrected chi connectivity index (χ2v) is 11.3. The smallest absolute Gasteiger partial charge is 0.0143 e. The predicted octanol–water partition coefficient (Wildman–Crippen LogP) is 8.92. The molecule has 0 radical (unpaired) electrons. The molecule has 3 fully saturated rings. The third-order valence-corrected chi connectivity index (χ3v) is 8.90. The van der Waals surface area contributed by atoms with E-state index in [2.05, 4.69) is 72.4 Å². The van der Waals surface area contributed by atoms with E-state index in [4.69, 9.17) is 0 Å². The Bertz CT molecular complexity index is 672. The Kier molecular flexibility index (Phi) is 7.34. The molecule has 0 bridgehead atoms. The molecule has 3 saturated carbocycles. The lowest BCUT2D eigenvalue weighted by Gasteiger charge is -2.44. The van der Waals surface area contributed by atoms with E-state index in [0.29, 0.717) is 17.3 Å². The second kappa shape index (κ2) is 9.40. The summed E-state index contributed by atoms with van der Waals surface area (Å²) in [5, 5.41) is 0. The summed E-state index contributed by atoms with van der Waals surface area (Å²) >= 11 is 0. The van der Waals surface area contributed by atoms with Crippen molar-refractivity contribution in [1.29, 1.82) is 0 Å². The van der Waals surface area contributed by atoms with Gasteiger partial charge in [-0.05, 0) is 97.9 Å². The molecule has 0 aromatic heterocycles. The maximum Gasteiger partial charge on any atom is -0.0143 e. The summed E-state index contributed by atoms with van der Waals surface area (Å²) in [6.07, 6.45) is 20.7. The average Bonchev–Trinajstić information content (AvgIpc) is 3.04. The van der Waals surface area contributed by atoms with Crippen molar-refractivity contribution in [2.45, 2.75) is 92.9 Å². The van der Waals surface area contributed by atoms with Crippen molar-refractivity contribution in [2.75, 3.05) is 0 Å². The van der Waals surface area contributed by atoms with Crippen LogP contribution >= 0.6 is 0 Å². The van der Waals surface area contributed by atoms with E-state index in [0.717, 1.165) is 23.7 Å². The van der Waals surface area contributed by atoms with E-state index in [1.165, 1.54) is 62.5 Å². The molecule has 3 rings (SSSR count). The van der Waals surface area contributed by atoms with Crippen LogP contribution in [0.3, 0.4) is 0 Å². The van der Waals surface area contributed by atoms with E-state index in [1.54, 1.807) is 5.57 Å². The van der Waals surface area contributed by atoms with Crippen molar-refractivity contribution < 1.29 is 0 Å². The maximum absolute atomic E-state index is 4.35. The van der Waals surface area contributed by atoms with Crippen LogP contribution in [-0.4, -0.2) is 0 Å². The van der Waals surface area contributed by atoms with E-state index in [1.807, 2.05) is 0 Å². The Balaban J connectivity index is 1.75. The van der Waals surface area contributed by atoms with Crippen LogP contribution < -0.4 is 0 Å². The fourth-order valence-corrected chi connectivity index (χ4v) is 6.45. The van der Waals surface area contributed by atoms with Crippen LogP contribution in [-0.2, 0) is 0 Å². The van der Waals surface area contributed by atoms with Gasteiger partial charge in [0.2, 0.25) is 0 Å². The molecule has 0 heterocycles. The van der Waals surface area contributed by atoms with E-state index >= 15 is 0 Å². The van der Waals surface area contributed by atoms with Crippen molar-refractivity contribution in [2.24, 2.45) is 40.9 Å². The van der Waals surface area contributed by atoms with Crippen LogP contribution in [0.4, 0.5) is 0 Å². The van der Waals surface area contributed by atoms with Gasteiger partial charge in [-0.1, -0.05) is 83.6 Å². The molecule has 3 aliphatic rings. The largest absolute Gasteiger partial charge is 0.0956 e. The highest BCUT2D eigenvalue weighted by Crippen LogP contribution is 2.59. The second-order valence-electron chi connectivity index (χ2n) is 11.3. The Hall–Kier alpha value is -1.04. The van der Waals surface area contributed by atoms with Gasteiger partial charge in [0.1, 0.15) is 0 Å². The maximum atomic E-state index is 4.35. The Morgan fingerprint density at radius 3 is 2.48 bits per heavy atom. The SMILES string of the molecule is C=C1CC[C@H](C)C/C1=C/C=C1\CCC[C@@]2(C)C1CCC2[C@H](C)/C=C/[C@H](C)C(C)C. The van der Waals surface area contributed by atoms with E-state index < -0.39 is 0 Å². The van der Waals surface area contributed by atoms with Crippen LogP contribution in [0, 0.1) is 40.9 Å². The summed E-state index contributed by atoms with van der Waals surface area (Å²) in [5.74, 6) is 4.57. The molecule has 0 heteroatoms. The van der Waals surface area contributed by atoms with Crippen molar-refractivity contribution in [3.63, 3.8) is 0 Å². The third-order valence-electron chi connectivity index (χ3n) is 8.90. The minimum absolute atomic E-state index is 0.490. The first-order valence-electron chi connectivity index (χ1n) is 12.5. The molecule has 162 valence electrons. The molecule has 0 aliphatic heterocycles. The summed E-state index contributed by atoms with van der Waals surface area (Å²) in [6.45, 7) is 18.9. The zero-order chi connectivity index (χ0) is 21.2. The number of fused-ring (bicyclic) bond motifs is 1. The number of allylic oxidation sites excluding steroid dienone is 7. The number of hydrogen-bond donors (Lipinski definition) is 0. The van der Waals surface area contributed by atoms with Crippen molar-refractivity contribution in [1.82, 2.24) is 0 Å². The lowest BCUT2D eigenvalue weighted by Crippen LogP contribution is -2.35. The summed E-state index contributed by atoms with van der Waals surface area (Å²) in [7, 11) is 0. The molecule has 29 heavy (non-hydrogen) atoms. The standard InChI is InChI=1S/C29H46/c1-20(2)22(4)12-13-24(6)27-16-17-28-25(9-8-18-29(27,28)7)14-15-26-19-21(3)10-11-23(26)5/h12-15,20-22,24,27-28H,5,8-11,16-19H2,1-4,6-7H3/b13-12+,25-14+,26-15-/t21-,22-,24+,27?,28?,29+/m0/s1. The average molecular weight is 395 g/mol. The van der Waals surface area contributed by atoms with Crippen LogP contribution in [0.1, 0.15) is 92.9 Å². The number of rotatable bonds is 5. The van der Waals surface area contributed by atoms with Gasteiger partial charge in [0, 0.05) is 0 Å². The Labute approximate surface area is 181 Å². The molecule has 0 spiro atoms. The van der Waals surface area contributed by atoms with Crippen LogP contribution in [0.2, 0.25) is 0 Å². The van der Waals surface area contributed by atoms with Gasteiger partial charge in [-0.2, -0.15) is 0 Å². The molecule has 0 aromatic carbocycles. The van der Waals surface area contributed by atoms with Gasteiger partial charge >= 0.3 is 0 Å². The minimum atomic E-state index is 0.490. The molecule has 0 nitrogen and oxygen atoms in total.